The summed E-state index contributed by atoms with van der Waals surface area (Å²) >= 11 is 0. The third-order valence-corrected chi connectivity index (χ3v) is 3.88. The number of hydrogen-bond donors (Lipinski definition) is 1. The molecule has 0 atom stereocenters. The summed E-state index contributed by atoms with van der Waals surface area (Å²) in [6.07, 6.45) is 8.10. The van der Waals surface area contributed by atoms with E-state index in [-0.39, 0.29) is 12.5 Å². The number of carbonyl (C=O) groups is 1. The van der Waals surface area contributed by atoms with E-state index in [1.54, 1.807) is 32.4 Å². The second-order valence-corrected chi connectivity index (χ2v) is 5.49. The zero-order valence-electron chi connectivity index (χ0n) is 13.9. The molecule has 1 aromatic rings. The van der Waals surface area contributed by atoms with Gasteiger partial charge in [-0.25, -0.2) is 0 Å². The molecule has 23 heavy (non-hydrogen) atoms. The molecule has 0 unspecified atom stereocenters. The van der Waals surface area contributed by atoms with Gasteiger partial charge in [0.2, 0.25) is 5.75 Å². The van der Waals surface area contributed by atoms with Crippen molar-refractivity contribution in [2.24, 2.45) is 0 Å². The van der Waals surface area contributed by atoms with Crippen LogP contribution in [0.25, 0.3) is 0 Å². The lowest BCUT2D eigenvalue weighted by Gasteiger charge is -2.14. The number of amides is 1. The van der Waals surface area contributed by atoms with Gasteiger partial charge in [0, 0.05) is 6.54 Å². The molecular formula is C18H25NO4. The summed E-state index contributed by atoms with van der Waals surface area (Å²) in [7, 11) is 3.11. The van der Waals surface area contributed by atoms with Crippen LogP contribution < -0.4 is 19.5 Å². The van der Waals surface area contributed by atoms with Gasteiger partial charge in [-0.2, -0.15) is 0 Å². The second-order valence-electron chi connectivity index (χ2n) is 5.49. The number of nitrogens with one attached hydrogen (secondary N) is 1. The number of ether oxygens (including phenoxy) is 3. The molecule has 1 aliphatic rings. The summed E-state index contributed by atoms with van der Waals surface area (Å²) in [6.45, 7) is 0.617. The van der Waals surface area contributed by atoms with Crippen molar-refractivity contribution in [2.45, 2.75) is 32.1 Å². The molecule has 0 spiro atoms. The average molecular weight is 319 g/mol. The van der Waals surface area contributed by atoms with Crippen LogP contribution in [0.1, 0.15) is 32.1 Å². The standard InChI is InChI=1S/C18H25NO4/c1-21-15-9-6-10-16(18(15)22-2)23-13-17(20)19-12-11-14-7-4-3-5-8-14/h6-7,9-10H,3-5,8,11-13H2,1-2H3,(H,19,20). The number of carbonyl (C=O) groups excluding carboxylic acids is 1. The van der Waals surface area contributed by atoms with Gasteiger partial charge in [0.05, 0.1) is 14.2 Å². The second kappa shape index (κ2) is 9.08. The van der Waals surface area contributed by atoms with Crippen molar-refractivity contribution in [3.63, 3.8) is 0 Å². The van der Waals surface area contributed by atoms with E-state index in [0.29, 0.717) is 23.8 Å². The van der Waals surface area contributed by atoms with Crippen molar-refractivity contribution >= 4 is 5.91 Å². The summed E-state index contributed by atoms with van der Waals surface area (Å²) in [5, 5.41) is 2.89. The van der Waals surface area contributed by atoms with Crippen molar-refractivity contribution in [3.05, 3.63) is 29.8 Å². The maximum Gasteiger partial charge on any atom is 0.257 e. The van der Waals surface area contributed by atoms with Gasteiger partial charge in [0.15, 0.2) is 18.1 Å². The smallest absolute Gasteiger partial charge is 0.257 e. The molecule has 5 nitrogen and oxygen atoms in total. The molecule has 0 fully saturated rings. The van der Waals surface area contributed by atoms with Crippen LogP contribution in [0.15, 0.2) is 29.8 Å². The van der Waals surface area contributed by atoms with Gasteiger partial charge < -0.3 is 19.5 Å². The molecule has 1 aliphatic carbocycles. The van der Waals surface area contributed by atoms with Crippen LogP contribution in [0.2, 0.25) is 0 Å². The highest BCUT2D eigenvalue weighted by molar-refractivity contribution is 5.77. The number of rotatable bonds is 8. The zero-order chi connectivity index (χ0) is 16.5. The van der Waals surface area contributed by atoms with Crippen LogP contribution in [0.3, 0.4) is 0 Å². The van der Waals surface area contributed by atoms with Gasteiger partial charge in [0.25, 0.3) is 5.91 Å². The molecule has 0 saturated heterocycles. The zero-order valence-corrected chi connectivity index (χ0v) is 13.9. The van der Waals surface area contributed by atoms with Gasteiger partial charge in [-0.05, 0) is 44.2 Å². The van der Waals surface area contributed by atoms with E-state index in [2.05, 4.69) is 11.4 Å². The summed E-state index contributed by atoms with van der Waals surface area (Å²) < 4.78 is 16.0. The van der Waals surface area contributed by atoms with Gasteiger partial charge in [-0.1, -0.05) is 17.7 Å². The third kappa shape index (κ3) is 5.20. The van der Waals surface area contributed by atoms with Gasteiger partial charge >= 0.3 is 0 Å². The van der Waals surface area contributed by atoms with E-state index in [0.717, 1.165) is 12.8 Å². The molecule has 1 amide bonds. The summed E-state index contributed by atoms with van der Waals surface area (Å²) in [6, 6.07) is 5.33. The van der Waals surface area contributed by atoms with Crippen LogP contribution in [0, 0.1) is 0 Å². The summed E-state index contributed by atoms with van der Waals surface area (Å²) in [5.41, 5.74) is 1.45. The average Bonchev–Trinajstić information content (AvgIpc) is 2.60. The Morgan fingerprint density at radius 3 is 2.70 bits per heavy atom. The fraction of sp³-hybridized carbons (Fsp3) is 0.500. The Bertz CT molecular complexity index is 554. The quantitative estimate of drug-likeness (QED) is 0.748. The molecule has 0 aliphatic heterocycles. The first-order valence-electron chi connectivity index (χ1n) is 8.03. The number of allylic oxidation sites excluding steroid dienone is 1. The lowest BCUT2D eigenvalue weighted by atomic mass is 9.97. The van der Waals surface area contributed by atoms with E-state index in [1.165, 1.54) is 24.8 Å². The number of para-hydroxylation sites is 1. The monoisotopic (exact) mass is 319 g/mol. The molecule has 5 heteroatoms. The van der Waals surface area contributed by atoms with Crippen LogP contribution in [0.5, 0.6) is 17.2 Å². The molecule has 0 aromatic heterocycles. The summed E-state index contributed by atoms with van der Waals surface area (Å²) in [5.74, 6) is 1.44. The van der Waals surface area contributed by atoms with Crippen molar-refractivity contribution < 1.29 is 19.0 Å². The highest BCUT2D eigenvalue weighted by Gasteiger charge is 2.12. The van der Waals surface area contributed by atoms with Gasteiger partial charge in [-0.3, -0.25) is 4.79 Å². The number of benzene rings is 1. The van der Waals surface area contributed by atoms with E-state index >= 15 is 0 Å². The van der Waals surface area contributed by atoms with Gasteiger partial charge in [0.1, 0.15) is 0 Å². The van der Waals surface area contributed by atoms with Crippen LogP contribution in [-0.2, 0) is 4.79 Å². The van der Waals surface area contributed by atoms with Crippen LogP contribution in [0.4, 0.5) is 0 Å². The molecular weight excluding hydrogens is 294 g/mol. The Morgan fingerprint density at radius 2 is 2.00 bits per heavy atom. The molecule has 1 aromatic carbocycles. The predicted molar refractivity (Wildman–Crippen MR) is 89.2 cm³/mol. The molecule has 0 radical (unpaired) electrons. The topological polar surface area (TPSA) is 56.8 Å². The lowest BCUT2D eigenvalue weighted by Crippen LogP contribution is -2.30. The Kier molecular flexibility index (Phi) is 6.78. The van der Waals surface area contributed by atoms with Crippen LogP contribution >= 0.6 is 0 Å². The summed E-state index contributed by atoms with van der Waals surface area (Å²) in [4.78, 5) is 11.9. The minimum absolute atomic E-state index is 0.0391. The van der Waals surface area contributed by atoms with Crippen LogP contribution in [-0.4, -0.2) is 33.3 Å². The highest BCUT2D eigenvalue weighted by atomic mass is 16.5. The Labute approximate surface area is 137 Å². The Morgan fingerprint density at radius 1 is 1.17 bits per heavy atom. The van der Waals surface area contributed by atoms with Crippen molar-refractivity contribution in [1.82, 2.24) is 5.32 Å². The first-order valence-corrected chi connectivity index (χ1v) is 8.03. The molecule has 126 valence electrons. The van der Waals surface area contributed by atoms with Crippen molar-refractivity contribution in [2.75, 3.05) is 27.4 Å². The fourth-order valence-corrected chi connectivity index (χ4v) is 2.66. The Hall–Kier alpha value is -2.17. The normalized spacial score (nSPS) is 13.9. The van der Waals surface area contributed by atoms with E-state index in [1.807, 2.05) is 0 Å². The SMILES string of the molecule is COc1cccc(OCC(=O)NCCC2=CCCCC2)c1OC. The fourth-order valence-electron chi connectivity index (χ4n) is 2.66. The molecule has 0 bridgehead atoms. The molecule has 0 saturated carbocycles. The minimum atomic E-state index is -0.133. The first-order chi connectivity index (χ1) is 11.2. The number of hydrogen-bond acceptors (Lipinski definition) is 4. The van der Waals surface area contributed by atoms with Crippen molar-refractivity contribution in [1.29, 1.82) is 0 Å². The maximum atomic E-state index is 11.9. The Balaban J connectivity index is 1.77. The predicted octanol–water partition coefficient (Wildman–Crippen LogP) is 3.09. The first kappa shape index (κ1) is 17.2. The molecule has 2 rings (SSSR count). The third-order valence-electron chi connectivity index (χ3n) is 3.88. The number of methoxy groups -OCH3 is 2. The molecule has 1 N–H and O–H groups in total. The lowest BCUT2D eigenvalue weighted by molar-refractivity contribution is -0.123. The highest BCUT2D eigenvalue weighted by Crippen LogP contribution is 2.36. The minimum Gasteiger partial charge on any atom is -0.493 e. The molecule has 0 heterocycles. The van der Waals surface area contributed by atoms with E-state index in [9.17, 15) is 4.79 Å². The van der Waals surface area contributed by atoms with Crippen molar-refractivity contribution in [3.8, 4) is 17.2 Å². The van der Waals surface area contributed by atoms with Gasteiger partial charge in [-0.15, -0.1) is 0 Å². The largest absolute Gasteiger partial charge is 0.493 e. The van der Waals surface area contributed by atoms with E-state index < -0.39 is 0 Å². The van der Waals surface area contributed by atoms with E-state index in [4.69, 9.17) is 14.2 Å². The maximum absolute atomic E-state index is 11.9.